The average molecular weight is 330 g/mol. The van der Waals surface area contributed by atoms with E-state index in [2.05, 4.69) is 19.1 Å². The quantitative estimate of drug-likeness (QED) is 0.539. The van der Waals surface area contributed by atoms with Gasteiger partial charge in [0.1, 0.15) is 11.5 Å². The first-order valence-electron chi connectivity index (χ1n) is 9.16. The highest BCUT2D eigenvalue weighted by molar-refractivity contribution is 5.41. The zero-order valence-corrected chi connectivity index (χ0v) is 15.0. The third kappa shape index (κ3) is 5.95. The minimum Gasteiger partial charge on any atom is -0.504 e. The maximum Gasteiger partial charge on any atom is 0.160 e. The van der Waals surface area contributed by atoms with Gasteiger partial charge in [0.15, 0.2) is 11.5 Å². The summed E-state index contributed by atoms with van der Waals surface area (Å²) in [6.07, 6.45) is 10.6. The van der Waals surface area contributed by atoms with E-state index in [0.717, 1.165) is 36.3 Å². The summed E-state index contributed by atoms with van der Waals surface area (Å²) in [6.45, 7) is 2.25. The predicted molar refractivity (Wildman–Crippen MR) is 97.9 cm³/mol. The van der Waals surface area contributed by atoms with E-state index >= 15 is 0 Å². The van der Waals surface area contributed by atoms with Crippen molar-refractivity contribution in [2.24, 2.45) is 0 Å². The second-order valence-electron chi connectivity index (χ2n) is 6.39. The van der Waals surface area contributed by atoms with Gasteiger partial charge in [0.2, 0.25) is 0 Å². The van der Waals surface area contributed by atoms with Crippen LogP contribution in [-0.2, 0) is 19.3 Å². The summed E-state index contributed by atoms with van der Waals surface area (Å²) in [4.78, 5) is 0. The van der Waals surface area contributed by atoms with Crippen molar-refractivity contribution in [3.63, 3.8) is 0 Å². The van der Waals surface area contributed by atoms with Crippen molar-refractivity contribution < 1.29 is 14.3 Å². The fourth-order valence-corrected chi connectivity index (χ4v) is 2.92. The predicted octanol–water partition coefficient (Wildman–Crippen LogP) is 5.68. The number of hydrogen-bond acceptors (Lipinski definition) is 3. The molecule has 1 aromatic carbocycles. The van der Waals surface area contributed by atoms with E-state index in [1.54, 1.807) is 13.2 Å². The minimum absolute atomic E-state index is 0.181. The molecule has 0 spiro atoms. The van der Waals surface area contributed by atoms with Crippen LogP contribution < -0.4 is 4.74 Å². The van der Waals surface area contributed by atoms with Crippen LogP contribution in [0.2, 0.25) is 0 Å². The maximum atomic E-state index is 9.63. The normalized spacial score (nSPS) is 10.9. The van der Waals surface area contributed by atoms with E-state index in [0.29, 0.717) is 5.75 Å². The smallest absolute Gasteiger partial charge is 0.160 e. The average Bonchev–Trinajstić information content (AvgIpc) is 3.05. The summed E-state index contributed by atoms with van der Waals surface area (Å²) in [6, 6.07) is 9.69. The molecule has 0 amide bonds. The molecule has 0 saturated carbocycles. The van der Waals surface area contributed by atoms with Crippen LogP contribution in [0.1, 0.15) is 62.5 Å². The number of methoxy groups -OCH3 is 1. The molecule has 132 valence electrons. The summed E-state index contributed by atoms with van der Waals surface area (Å²) in [5.41, 5.74) is 1.14. The summed E-state index contributed by atoms with van der Waals surface area (Å²) >= 11 is 0. The second kappa shape index (κ2) is 10.1. The van der Waals surface area contributed by atoms with E-state index in [4.69, 9.17) is 9.15 Å². The second-order valence-corrected chi connectivity index (χ2v) is 6.39. The Morgan fingerprint density at radius 3 is 2.33 bits per heavy atom. The molecule has 0 aliphatic rings. The first-order valence-corrected chi connectivity index (χ1v) is 9.16. The van der Waals surface area contributed by atoms with E-state index in [1.165, 1.54) is 38.5 Å². The van der Waals surface area contributed by atoms with Crippen LogP contribution in [0.25, 0.3) is 0 Å². The highest BCUT2D eigenvalue weighted by Gasteiger charge is 2.06. The van der Waals surface area contributed by atoms with Gasteiger partial charge in [0.25, 0.3) is 0 Å². The first kappa shape index (κ1) is 18.4. The molecule has 2 rings (SSSR count). The van der Waals surface area contributed by atoms with E-state index in [1.807, 2.05) is 12.1 Å². The third-order valence-corrected chi connectivity index (χ3v) is 4.40. The molecule has 0 saturated heterocycles. The SMILES string of the molecule is CCCCCCCCc1ccc(CCc2ccc(O)c(OC)c2)o1. The van der Waals surface area contributed by atoms with Crippen molar-refractivity contribution in [3.8, 4) is 11.5 Å². The molecule has 0 unspecified atom stereocenters. The zero-order chi connectivity index (χ0) is 17.2. The highest BCUT2D eigenvalue weighted by Crippen LogP contribution is 2.27. The largest absolute Gasteiger partial charge is 0.504 e. The molecule has 0 radical (unpaired) electrons. The lowest BCUT2D eigenvalue weighted by molar-refractivity contribution is 0.373. The van der Waals surface area contributed by atoms with E-state index in [9.17, 15) is 5.11 Å². The summed E-state index contributed by atoms with van der Waals surface area (Å²) in [5, 5.41) is 9.63. The standard InChI is InChI=1S/C21H30O3/c1-3-4-5-6-7-8-9-18-13-14-19(24-18)12-10-17-11-15-20(22)21(16-17)23-2/h11,13-16,22H,3-10,12H2,1-2H3. The van der Waals surface area contributed by atoms with Crippen molar-refractivity contribution in [1.82, 2.24) is 0 Å². The molecule has 24 heavy (non-hydrogen) atoms. The molecule has 3 nitrogen and oxygen atoms in total. The van der Waals surface area contributed by atoms with Crippen molar-refractivity contribution in [3.05, 3.63) is 47.4 Å². The number of ether oxygens (including phenoxy) is 1. The van der Waals surface area contributed by atoms with Crippen LogP contribution in [-0.4, -0.2) is 12.2 Å². The molecular weight excluding hydrogens is 300 g/mol. The number of phenols is 1. The number of aromatic hydroxyl groups is 1. The number of benzene rings is 1. The Morgan fingerprint density at radius 1 is 0.875 bits per heavy atom. The highest BCUT2D eigenvalue weighted by atomic mass is 16.5. The molecule has 1 N–H and O–H groups in total. The van der Waals surface area contributed by atoms with Gasteiger partial charge < -0.3 is 14.3 Å². The number of rotatable bonds is 11. The van der Waals surface area contributed by atoms with Gasteiger partial charge in [-0.2, -0.15) is 0 Å². The third-order valence-electron chi connectivity index (χ3n) is 4.40. The lowest BCUT2D eigenvalue weighted by atomic mass is 10.1. The Labute approximate surface area is 145 Å². The minimum atomic E-state index is 0.181. The van der Waals surface area contributed by atoms with Gasteiger partial charge in [-0.25, -0.2) is 0 Å². The van der Waals surface area contributed by atoms with Crippen molar-refractivity contribution in [2.75, 3.05) is 7.11 Å². The summed E-state index contributed by atoms with van der Waals surface area (Å²) < 4.78 is 11.1. The number of hydrogen-bond donors (Lipinski definition) is 1. The lowest BCUT2D eigenvalue weighted by Crippen LogP contribution is -1.92. The molecule has 0 bridgehead atoms. The molecule has 1 heterocycles. The van der Waals surface area contributed by atoms with Gasteiger partial charge in [-0.3, -0.25) is 0 Å². The number of unbranched alkanes of at least 4 members (excludes halogenated alkanes) is 5. The Hall–Kier alpha value is -1.90. The van der Waals surface area contributed by atoms with Gasteiger partial charge in [-0.05, 0) is 42.7 Å². The molecular formula is C21H30O3. The molecule has 1 aromatic heterocycles. The summed E-state index contributed by atoms with van der Waals surface area (Å²) in [5.74, 6) is 2.84. The van der Waals surface area contributed by atoms with Gasteiger partial charge in [-0.1, -0.05) is 45.1 Å². The van der Waals surface area contributed by atoms with Gasteiger partial charge >= 0.3 is 0 Å². The lowest BCUT2D eigenvalue weighted by Gasteiger charge is -2.06. The molecule has 3 heteroatoms. The van der Waals surface area contributed by atoms with Crippen molar-refractivity contribution >= 4 is 0 Å². The molecule has 2 aromatic rings. The van der Waals surface area contributed by atoms with Crippen LogP contribution in [0.5, 0.6) is 11.5 Å². The monoisotopic (exact) mass is 330 g/mol. The van der Waals surface area contributed by atoms with Crippen molar-refractivity contribution in [1.29, 1.82) is 0 Å². The van der Waals surface area contributed by atoms with Gasteiger partial charge in [-0.15, -0.1) is 0 Å². The van der Waals surface area contributed by atoms with Gasteiger partial charge in [0, 0.05) is 12.8 Å². The van der Waals surface area contributed by atoms with E-state index < -0.39 is 0 Å². The molecule has 0 fully saturated rings. The zero-order valence-electron chi connectivity index (χ0n) is 15.0. The van der Waals surface area contributed by atoms with Crippen LogP contribution in [0.4, 0.5) is 0 Å². The Kier molecular flexibility index (Phi) is 7.73. The number of aryl methyl sites for hydroxylation is 3. The van der Waals surface area contributed by atoms with Crippen LogP contribution in [0, 0.1) is 0 Å². The van der Waals surface area contributed by atoms with Crippen LogP contribution in [0.15, 0.2) is 34.7 Å². The van der Waals surface area contributed by atoms with E-state index in [-0.39, 0.29) is 5.75 Å². The molecule has 0 aliphatic heterocycles. The topological polar surface area (TPSA) is 42.6 Å². The maximum absolute atomic E-state index is 9.63. The Morgan fingerprint density at radius 2 is 1.58 bits per heavy atom. The molecule has 0 aliphatic carbocycles. The first-order chi connectivity index (χ1) is 11.7. The van der Waals surface area contributed by atoms with Crippen molar-refractivity contribution in [2.45, 2.75) is 64.7 Å². The van der Waals surface area contributed by atoms with Crippen LogP contribution in [0.3, 0.4) is 0 Å². The Bertz CT molecular complexity index is 601. The van der Waals surface area contributed by atoms with Crippen LogP contribution >= 0.6 is 0 Å². The molecule has 0 atom stereocenters. The summed E-state index contributed by atoms with van der Waals surface area (Å²) in [7, 11) is 1.57. The van der Waals surface area contributed by atoms with Gasteiger partial charge in [0.05, 0.1) is 7.11 Å². The fourth-order valence-electron chi connectivity index (χ4n) is 2.92. The number of phenolic OH excluding ortho intramolecular Hbond substituents is 1. The Balaban J connectivity index is 1.73. The number of furan rings is 1. The fraction of sp³-hybridized carbons (Fsp3) is 0.524.